The Kier molecular flexibility index (Phi) is 38.0. The number of aliphatic imine (C=N–C) groups is 1. The molecule has 0 aliphatic carbocycles. The number of hydrogen-bond donors (Lipinski definition) is 16. The highest BCUT2D eigenvalue weighted by atomic mass is 35.5. The number of hydrogen-bond acceptors (Lipinski definition) is 20. The zero-order valence-corrected chi connectivity index (χ0v) is 62.6. The molecule has 596 valence electrons. The van der Waals surface area contributed by atoms with Crippen LogP contribution in [-0.4, -0.2) is 196 Å². The van der Waals surface area contributed by atoms with E-state index in [1.165, 1.54) is 55.4 Å². The highest BCUT2D eigenvalue weighted by Crippen LogP contribution is 2.22. The normalized spacial score (nSPS) is 14.6. The van der Waals surface area contributed by atoms with Crippen LogP contribution in [0.4, 0.5) is 4.79 Å². The summed E-state index contributed by atoms with van der Waals surface area (Å²) in [7, 11) is 0. The van der Waals surface area contributed by atoms with Gasteiger partial charge in [-0.2, -0.15) is 0 Å². The Labute approximate surface area is 640 Å². The van der Waals surface area contributed by atoms with Crippen molar-refractivity contribution in [3.63, 3.8) is 0 Å². The Balaban J connectivity index is 0.00000304. The zero-order chi connectivity index (χ0) is 81.7. The minimum Gasteiger partial charge on any atom is -0.550 e. The number of phenolic OH excluding ortho intramolecular Hbond substituents is 1. The Morgan fingerprint density at radius 1 is 0.555 bits per heavy atom. The molecule has 2 heterocycles. The Hall–Kier alpha value is -12.0. The van der Waals surface area contributed by atoms with Gasteiger partial charge in [-0.05, 0) is 135 Å². The maximum Gasteiger partial charge on any atom is 0.312 e. The first-order valence-electron chi connectivity index (χ1n) is 35.3. The molecule has 110 heavy (non-hydrogen) atoms. The predicted molar refractivity (Wildman–Crippen MR) is 400 cm³/mol. The Bertz CT molecular complexity index is 3980. The number of nitrogens with zero attached hydrogens (tertiary/aromatic N) is 3. The smallest absolute Gasteiger partial charge is 0.312 e. The number of rotatable bonds is 38. The number of guanidine groups is 1. The number of likely N-dealkylation sites (tertiary alicyclic amines) is 1. The van der Waals surface area contributed by atoms with Crippen molar-refractivity contribution in [2.45, 2.75) is 173 Å². The number of primary amides is 2. The number of aliphatic carboxylic acids is 2. The van der Waals surface area contributed by atoms with Crippen molar-refractivity contribution in [1.82, 2.24) is 63.1 Å². The van der Waals surface area contributed by atoms with Crippen molar-refractivity contribution in [2.24, 2.45) is 33.8 Å². The van der Waals surface area contributed by atoms with Gasteiger partial charge in [0.25, 0.3) is 0 Å². The lowest BCUT2D eigenvalue weighted by atomic mass is 9.99. The van der Waals surface area contributed by atoms with Crippen LogP contribution in [0.1, 0.15) is 109 Å². The van der Waals surface area contributed by atoms with Crippen LogP contribution in [0.25, 0.3) is 10.8 Å². The fourth-order valence-electron chi connectivity index (χ4n) is 11.4. The lowest BCUT2D eigenvalue weighted by Gasteiger charge is -2.31. The number of urea groups is 1. The number of aromatic hydroxyl groups is 1. The van der Waals surface area contributed by atoms with E-state index in [-0.39, 0.29) is 101 Å². The Morgan fingerprint density at radius 2 is 1.02 bits per heavy atom. The number of fused-ring (bicyclic) bond motifs is 1. The van der Waals surface area contributed by atoms with E-state index in [4.69, 9.17) is 54.3 Å². The van der Waals surface area contributed by atoms with E-state index in [0.717, 1.165) is 24.6 Å². The largest absolute Gasteiger partial charge is 0.550 e. The molecule has 4 aromatic carbocycles. The van der Waals surface area contributed by atoms with Crippen molar-refractivity contribution in [2.75, 3.05) is 26.2 Å². The molecule has 35 nitrogen and oxygen atoms in total. The maximum atomic E-state index is 14.9. The molecule has 0 unspecified atom stereocenters. The SMILES string of the molecule is CC(=O)N[C@H](Cc1ccc2ccccc2c1)C(=O)N[C@@H](Cc1ccc(Cl)cc1)C(=O)N[C@H](Cc1cccnc1)C(=O)N[C@@H](CO)C(=O)N[C@@H](Cc1ccc(O)cc1)C(=O)N[C@H](CCCNC(N)=O)C(=O)N[C@H](CC(C)C)C(=O)N[C@H](CCCN=C(N)N)C(=O)N1CCC[C@@H]1C(=O)N[C@H](C)C(N)=O.CC(=O)[O-].CC(=O)[O-]. The van der Waals surface area contributed by atoms with E-state index in [1.807, 2.05) is 42.5 Å². The number of aliphatic hydroxyl groups is 1. The number of carboxylic acids is 2. The summed E-state index contributed by atoms with van der Waals surface area (Å²) in [6.45, 7) is 7.10. The first-order chi connectivity index (χ1) is 52.0. The van der Waals surface area contributed by atoms with Gasteiger partial charge in [-0.1, -0.05) is 98.2 Å². The van der Waals surface area contributed by atoms with Crippen molar-refractivity contribution < 1.29 is 87.5 Å². The van der Waals surface area contributed by atoms with Crippen LogP contribution in [0.5, 0.6) is 5.75 Å². The summed E-state index contributed by atoms with van der Waals surface area (Å²) in [5, 5.41) is 67.3. The first kappa shape index (κ1) is 90.4. The van der Waals surface area contributed by atoms with Crippen molar-refractivity contribution in [3.05, 3.63) is 143 Å². The molecule has 10 atom stereocenters. The second-order valence-corrected chi connectivity index (χ2v) is 26.8. The molecule has 20 N–H and O–H groups in total. The number of amides is 13. The van der Waals surface area contributed by atoms with Crippen LogP contribution in [0.2, 0.25) is 5.02 Å². The molecule has 0 saturated carbocycles. The second kappa shape index (κ2) is 46.3. The van der Waals surface area contributed by atoms with Crippen LogP contribution < -0.4 is 86.3 Å². The third kappa shape index (κ3) is 33.0. The molecule has 1 aliphatic rings. The van der Waals surface area contributed by atoms with E-state index in [0.29, 0.717) is 33.7 Å². The summed E-state index contributed by atoms with van der Waals surface area (Å²) in [6, 6.07) is 13.5. The van der Waals surface area contributed by atoms with Gasteiger partial charge >= 0.3 is 6.03 Å². The molecular formula is C74H98ClN17O18-2. The van der Waals surface area contributed by atoms with Crippen LogP contribution in [0.3, 0.4) is 0 Å². The number of pyridine rings is 1. The average Bonchev–Trinajstić information content (AvgIpc) is 1.57. The number of carbonyl (C=O) groups excluding carboxylic acids is 14. The topological polar surface area (TPSA) is 578 Å². The molecule has 1 aliphatic heterocycles. The van der Waals surface area contributed by atoms with E-state index in [2.05, 4.69) is 63.1 Å². The van der Waals surface area contributed by atoms with Gasteiger partial charge in [0.05, 0.1) is 6.61 Å². The highest BCUT2D eigenvalue weighted by Gasteiger charge is 2.40. The summed E-state index contributed by atoms with van der Waals surface area (Å²) in [6.07, 6.45) is 2.70. The number of carboxylic acid groups (broad SMARTS) is 2. The van der Waals surface area contributed by atoms with Gasteiger partial charge in [0.15, 0.2) is 5.96 Å². The number of aromatic nitrogens is 1. The maximum absolute atomic E-state index is 14.9. The van der Waals surface area contributed by atoms with E-state index in [1.54, 1.807) is 50.2 Å². The molecule has 6 rings (SSSR count). The summed E-state index contributed by atoms with van der Waals surface area (Å²) in [5.41, 5.74) is 23.9. The number of carbonyl (C=O) groups is 14. The van der Waals surface area contributed by atoms with Crippen LogP contribution in [0, 0.1) is 5.92 Å². The number of phenols is 1. The van der Waals surface area contributed by atoms with Gasteiger partial charge in [-0.15, -0.1) is 0 Å². The van der Waals surface area contributed by atoms with Gasteiger partial charge in [-0.3, -0.25) is 62.7 Å². The molecule has 1 saturated heterocycles. The van der Waals surface area contributed by atoms with Gasteiger partial charge < -0.3 is 111 Å². The van der Waals surface area contributed by atoms with Gasteiger partial charge in [0.1, 0.15) is 66.2 Å². The van der Waals surface area contributed by atoms with Crippen molar-refractivity contribution in [1.29, 1.82) is 0 Å². The molecule has 36 heteroatoms. The van der Waals surface area contributed by atoms with Crippen LogP contribution in [-0.2, 0) is 88.0 Å². The third-order valence-corrected chi connectivity index (χ3v) is 16.9. The van der Waals surface area contributed by atoms with Crippen LogP contribution >= 0.6 is 11.6 Å². The monoisotopic (exact) mass is 1550 g/mol. The zero-order valence-electron chi connectivity index (χ0n) is 61.9. The van der Waals surface area contributed by atoms with E-state index < -0.39 is 150 Å². The van der Waals surface area contributed by atoms with E-state index in [9.17, 15) is 67.7 Å². The van der Waals surface area contributed by atoms with Gasteiger partial charge in [0.2, 0.25) is 65.0 Å². The average molecular weight is 1550 g/mol. The quantitative estimate of drug-likeness (QED) is 0.0105. The lowest BCUT2D eigenvalue weighted by Crippen LogP contribution is -2.61. The van der Waals surface area contributed by atoms with Gasteiger partial charge in [0, 0.05) is 81.6 Å². The van der Waals surface area contributed by atoms with E-state index >= 15 is 0 Å². The molecule has 0 radical (unpaired) electrons. The highest BCUT2D eigenvalue weighted by molar-refractivity contribution is 6.30. The summed E-state index contributed by atoms with van der Waals surface area (Å²) in [5.74, 6) is -12.0. The molecule has 13 amide bonds. The predicted octanol–water partition coefficient (Wildman–Crippen LogP) is -3.20. The molecule has 0 bridgehead atoms. The van der Waals surface area contributed by atoms with Crippen molar-refractivity contribution >= 4 is 111 Å². The molecule has 5 aromatic rings. The van der Waals surface area contributed by atoms with Gasteiger partial charge in [-0.25, -0.2) is 4.79 Å². The molecular weight excluding hydrogens is 1450 g/mol. The van der Waals surface area contributed by atoms with Crippen LogP contribution in [0.15, 0.2) is 121 Å². The first-order valence-corrected chi connectivity index (χ1v) is 35.7. The number of aliphatic hydroxyl groups excluding tert-OH is 1. The third-order valence-electron chi connectivity index (χ3n) is 16.7. The number of benzene rings is 4. The Morgan fingerprint density at radius 3 is 1.54 bits per heavy atom. The summed E-state index contributed by atoms with van der Waals surface area (Å²) in [4.78, 5) is 194. The minimum atomic E-state index is -1.85. The molecule has 0 spiro atoms. The second-order valence-electron chi connectivity index (χ2n) is 26.3. The van der Waals surface area contributed by atoms with Crippen molar-refractivity contribution in [3.8, 4) is 5.75 Å². The number of nitrogens with two attached hydrogens (primary N) is 4. The summed E-state index contributed by atoms with van der Waals surface area (Å²) < 4.78 is 0. The standard InChI is InChI=1S/C70H92ClN17O14.2C2H4O2/c1-39(2)31-52(61(94)82-51(15-9-28-77-69(73)74)68(101)88-30-10-16-58(88)67(100)79-40(3)59(72)92)83-60(93)50(14-8-29-78-70(75)102)81-63(96)54(34-43-20-25-49(91)26-21-43)86-66(99)57(38-89)87-65(98)56(36-45-11-7-27-76-37-45)85-64(97)55(33-42-18-23-48(71)24-19-42)84-62(95)53(80-41(4)90)35-44-17-22-46-12-5-6-13-47(46)32-44;2*1-2(3)4/h5-7,11-13,17-27,32,37,39-40,50-58,89,91H,8-10,14-16,28-31,33-36,38H2,1-4H3,(H2,72,92)(H,79,100)(H,80,90)(H,81,96)(H,82,94)(H,83,93)(H,84,95)(H,85,97)(H,86,99)(H,87,98)(H4,73,74,77)(H3,75,78,102);2*1H3,(H,3,4)/p-2/t40-,50-,51-,52-,53-,54+,55+,56-,57+,58-;;/m1../s1. The number of halogens is 1. The fourth-order valence-corrected chi connectivity index (χ4v) is 11.5. The lowest BCUT2D eigenvalue weighted by molar-refractivity contribution is -0.303. The minimum absolute atomic E-state index is 0.000209. The fraction of sp³-hybridized carbons (Fsp3) is 0.432. The molecule has 1 fully saturated rings. The molecule has 1 aromatic heterocycles. The number of nitrogens with one attached hydrogen (secondary N) is 10. The summed E-state index contributed by atoms with van der Waals surface area (Å²) >= 11 is 6.23.